The number of carbonyl (C=O) groups is 1. The van der Waals surface area contributed by atoms with Gasteiger partial charge in [-0.05, 0) is 37.8 Å². The molecule has 0 spiro atoms. The molecule has 16 heavy (non-hydrogen) atoms. The molecule has 3 nitrogen and oxygen atoms in total. The monoisotopic (exact) mass is 219 g/mol. The summed E-state index contributed by atoms with van der Waals surface area (Å²) in [7, 11) is 0. The third-order valence-electron chi connectivity index (χ3n) is 2.96. The number of aryl methyl sites for hydroxylation is 2. The summed E-state index contributed by atoms with van der Waals surface area (Å²) >= 11 is 0. The SMILES string of the molecule is Cc1ccc(C(NC2CC2)C(=O)O)c(C)c1. The molecule has 2 rings (SSSR count). The fraction of sp³-hybridized carbons (Fsp3) is 0.462. The van der Waals surface area contributed by atoms with E-state index in [4.69, 9.17) is 0 Å². The van der Waals surface area contributed by atoms with Crippen molar-refractivity contribution >= 4 is 5.97 Å². The summed E-state index contributed by atoms with van der Waals surface area (Å²) in [4.78, 5) is 11.2. The first-order valence-electron chi connectivity index (χ1n) is 5.64. The second-order valence-corrected chi connectivity index (χ2v) is 4.57. The van der Waals surface area contributed by atoms with Crippen LogP contribution < -0.4 is 5.32 Å². The third kappa shape index (κ3) is 2.42. The Morgan fingerprint density at radius 2 is 2.12 bits per heavy atom. The standard InChI is InChI=1S/C13H17NO2/c1-8-3-6-11(9(2)7-8)12(13(15)16)14-10-4-5-10/h3,6-7,10,12,14H,4-5H2,1-2H3,(H,15,16). The van der Waals surface area contributed by atoms with Gasteiger partial charge in [-0.15, -0.1) is 0 Å². The lowest BCUT2D eigenvalue weighted by Crippen LogP contribution is -2.30. The summed E-state index contributed by atoms with van der Waals surface area (Å²) in [5.41, 5.74) is 3.09. The van der Waals surface area contributed by atoms with Gasteiger partial charge in [0.25, 0.3) is 0 Å². The van der Waals surface area contributed by atoms with Crippen LogP contribution in [0.2, 0.25) is 0 Å². The highest BCUT2D eigenvalue weighted by Crippen LogP contribution is 2.26. The van der Waals surface area contributed by atoms with Crippen molar-refractivity contribution in [2.45, 2.75) is 38.8 Å². The van der Waals surface area contributed by atoms with Gasteiger partial charge < -0.3 is 5.11 Å². The number of carboxylic acids is 1. The molecule has 1 aliphatic carbocycles. The average Bonchev–Trinajstić information content (AvgIpc) is 2.98. The Morgan fingerprint density at radius 1 is 1.44 bits per heavy atom. The van der Waals surface area contributed by atoms with E-state index in [-0.39, 0.29) is 0 Å². The van der Waals surface area contributed by atoms with Crippen LogP contribution in [0.3, 0.4) is 0 Å². The molecule has 86 valence electrons. The molecular weight excluding hydrogens is 202 g/mol. The maximum absolute atomic E-state index is 11.2. The molecule has 0 amide bonds. The Bertz CT molecular complexity index is 410. The van der Waals surface area contributed by atoms with E-state index in [1.807, 2.05) is 32.0 Å². The molecule has 1 unspecified atom stereocenters. The van der Waals surface area contributed by atoms with Crippen LogP contribution in [-0.2, 0) is 4.79 Å². The summed E-state index contributed by atoms with van der Waals surface area (Å²) in [6, 6.07) is 5.74. The maximum Gasteiger partial charge on any atom is 0.325 e. The number of rotatable bonds is 4. The zero-order chi connectivity index (χ0) is 11.7. The van der Waals surface area contributed by atoms with Crippen LogP contribution >= 0.6 is 0 Å². The third-order valence-corrected chi connectivity index (χ3v) is 2.96. The van der Waals surface area contributed by atoms with E-state index in [2.05, 4.69) is 5.32 Å². The van der Waals surface area contributed by atoms with Crippen molar-refractivity contribution in [3.05, 3.63) is 34.9 Å². The summed E-state index contributed by atoms with van der Waals surface area (Å²) in [5.74, 6) is -0.793. The van der Waals surface area contributed by atoms with Crippen molar-refractivity contribution < 1.29 is 9.90 Å². The first kappa shape index (κ1) is 11.1. The second kappa shape index (κ2) is 4.26. The van der Waals surface area contributed by atoms with Gasteiger partial charge in [-0.25, -0.2) is 0 Å². The summed E-state index contributed by atoms with van der Waals surface area (Å²) in [6.07, 6.45) is 2.18. The molecule has 1 saturated carbocycles. The lowest BCUT2D eigenvalue weighted by atomic mass is 9.99. The number of nitrogens with one attached hydrogen (secondary N) is 1. The zero-order valence-corrected chi connectivity index (χ0v) is 9.66. The van der Waals surface area contributed by atoms with Gasteiger partial charge in [0.05, 0.1) is 0 Å². The van der Waals surface area contributed by atoms with Crippen LogP contribution in [-0.4, -0.2) is 17.1 Å². The van der Waals surface area contributed by atoms with Gasteiger partial charge in [0.2, 0.25) is 0 Å². The van der Waals surface area contributed by atoms with Crippen molar-refractivity contribution in [2.24, 2.45) is 0 Å². The van der Waals surface area contributed by atoms with Crippen molar-refractivity contribution in [2.75, 3.05) is 0 Å². The van der Waals surface area contributed by atoms with Crippen molar-refractivity contribution in [1.29, 1.82) is 0 Å². The fourth-order valence-electron chi connectivity index (χ4n) is 1.93. The normalized spacial score (nSPS) is 17.1. The van der Waals surface area contributed by atoms with E-state index in [9.17, 15) is 9.90 Å². The van der Waals surface area contributed by atoms with E-state index >= 15 is 0 Å². The van der Waals surface area contributed by atoms with E-state index in [1.54, 1.807) is 0 Å². The van der Waals surface area contributed by atoms with Gasteiger partial charge in [0.1, 0.15) is 6.04 Å². The van der Waals surface area contributed by atoms with Crippen molar-refractivity contribution in [3.63, 3.8) is 0 Å². The Balaban J connectivity index is 2.26. The second-order valence-electron chi connectivity index (χ2n) is 4.57. The minimum absolute atomic E-state index is 0.391. The van der Waals surface area contributed by atoms with E-state index in [1.165, 1.54) is 0 Å². The topological polar surface area (TPSA) is 49.3 Å². The van der Waals surface area contributed by atoms with Gasteiger partial charge in [0, 0.05) is 6.04 Å². The van der Waals surface area contributed by atoms with E-state index in [0.29, 0.717) is 6.04 Å². The molecule has 1 aliphatic rings. The molecule has 0 aliphatic heterocycles. The molecule has 0 saturated heterocycles. The molecule has 0 aromatic heterocycles. The molecule has 0 radical (unpaired) electrons. The average molecular weight is 219 g/mol. The molecule has 0 bridgehead atoms. The molecule has 1 fully saturated rings. The van der Waals surface area contributed by atoms with Crippen LogP contribution in [0.5, 0.6) is 0 Å². The van der Waals surface area contributed by atoms with Crippen molar-refractivity contribution in [1.82, 2.24) is 5.32 Å². The van der Waals surface area contributed by atoms with Crippen LogP contribution in [0.1, 0.15) is 35.6 Å². The zero-order valence-electron chi connectivity index (χ0n) is 9.66. The molecule has 0 heterocycles. The molecule has 1 atom stereocenters. The number of aliphatic carboxylic acids is 1. The molecular formula is C13H17NO2. The number of hydrogen-bond donors (Lipinski definition) is 2. The first-order valence-corrected chi connectivity index (χ1v) is 5.64. The number of benzene rings is 1. The van der Waals surface area contributed by atoms with E-state index < -0.39 is 12.0 Å². The van der Waals surface area contributed by atoms with Crippen LogP contribution in [0.25, 0.3) is 0 Å². The van der Waals surface area contributed by atoms with Gasteiger partial charge in [0.15, 0.2) is 0 Å². The number of hydrogen-bond acceptors (Lipinski definition) is 2. The highest BCUT2D eigenvalue weighted by Gasteiger charge is 2.29. The Labute approximate surface area is 95.5 Å². The lowest BCUT2D eigenvalue weighted by molar-refractivity contribution is -0.139. The first-order chi connectivity index (χ1) is 7.58. The van der Waals surface area contributed by atoms with Crippen molar-refractivity contribution in [3.8, 4) is 0 Å². The van der Waals surface area contributed by atoms with E-state index in [0.717, 1.165) is 29.5 Å². The Hall–Kier alpha value is -1.35. The molecule has 3 heteroatoms. The summed E-state index contributed by atoms with van der Waals surface area (Å²) in [5, 5.41) is 12.4. The highest BCUT2D eigenvalue weighted by molar-refractivity contribution is 5.76. The smallest absolute Gasteiger partial charge is 0.325 e. The summed E-state index contributed by atoms with van der Waals surface area (Å²) < 4.78 is 0. The predicted octanol–water partition coefficient (Wildman–Crippen LogP) is 2.18. The Kier molecular flexibility index (Phi) is 2.97. The van der Waals surface area contributed by atoms with Crippen LogP contribution in [0.15, 0.2) is 18.2 Å². The van der Waals surface area contributed by atoms with Gasteiger partial charge in [-0.1, -0.05) is 23.8 Å². The highest BCUT2D eigenvalue weighted by atomic mass is 16.4. The molecule has 2 N–H and O–H groups in total. The number of carboxylic acid groups (broad SMARTS) is 1. The minimum Gasteiger partial charge on any atom is -0.480 e. The van der Waals surface area contributed by atoms with Crippen LogP contribution in [0.4, 0.5) is 0 Å². The predicted molar refractivity (Wildman–Crippen MR) is 62.5 cm³/mol. The van der Waals surface area contributed by atoms with Gasteiger partial charge >= 0.3 is 5.97 Å². The maximum atomic E-state index is 11.2. The quantitative estimate of drug-likeness (QED) is 0.816. The molecule has 1 aromatic rings. The van der Waals surface area contributed by atoms with Gasteiger partial charge in [-0.2, -0.15) is 0 Å². The largest absolute Gasteiger partial charge is 0.480 e. The minimum atomic E-state index is -0.793. The Morgan fingerprint density at radius 3 is 2.62 bits per heavy atom. The fourth-order valence-corrected chi connectivity index (χ4v) is 1.93. The lowest BCUT2D eigenvalue weighted by Gasteiger charge is -2.17. The van der Waals surface area contributed by atoms with Crippen LogP contribution in [0, 0.1) is 13.8 Å². The molecule has 1 aromatic carbocycles. The summed E-state index contributed by atoms with van der Waals surface area (Å²) in [6.45, 7) is 3.98. The van der Waals surface area contributed by atoms with Gasteiger partial charge in [-0.3, -0.25) is 10.1 Å².